The van der Waals surface area contributed by atoms with Gasteiger partial charge in [0.2, 0.25) is 5.88 Å². The number of benzene rings is 1. The lowest BCUT2D eigenvalue weighted by Crippen LogP contribution is -1.93. The van der Waals surface area contributed by atoms with Crippen LogP contribution in [-0.2, 0) is 0 Å². The van der Waals surface area contributed by atoms with E-state index in [0.29, 0.717) is 22.3 Å². The van der Waals surface area contributed by atoms with Crippen molar-refractivity contribution >= 4 is 28.2 Å². The predicted octanol–water partition coefficient (Wildman–Crippen LogP) is 3.05. The van der Waals surface area contributed by atoms with Crippen LogP contribution in [0.4, 0.5) is 5.69 Å². The van der Waals surface area contributed by atoms with E-state index in [1.165, 1.54) is 12.5 Å². The Bertz CT molecular complexity index is 748. The van der Waals surface area contributed by atoms with Gasteiger partial charge in [-0.15, -0.1) is 0 Å². The van der Waals surface area contributed by atoms with Gasteiger partial charge in [-0.05, 0) is 18.2 Å². The average Bonchev–Trinajstić information content (AvgIpc) is 2.39. The first-order valence-electron chi connectivity index (χ1n) is 5.51. The standard InChI is InChI=1S/C13H9ClN4O/c14-8-3-10(6-16-5-8)19-13-11-4-9(15)1-2-12(11)17-7-18-13/h1-7H,15H2. The molecule has 0 fully saturated rings. The van der Waals surface area contributed by atoms with E-state index in [9.17, 15) is 0 Å². The highest BCUT2D eigenvalue weighted by molar-refractivity contribution is 6.30. The molecular formula is C13H9ClN4O. The normalized spacial score (nSPS) is 10.6. The highest BCUT2D eigenvalue weighted by atomic mass is 35.5. The summed E-state index contributed by atoms with van der Waals surface area (Å²) in [5, 5.41) is 1.23. The van der Waals surface area contributed by atoms with Gasteiger partial charge in [0.25, 0.3) is 0 Å². The molecule has 94 valence electrons. The van der Waals surface area contributed by atoms with Gasteiger partial charge in [0.15, 0.2) is 0 Å². The van der Waals surface area contributed by atoms with E-state index in [0.717, 1.165) is 10.9 Å². The van der Waals surface area contributed by atoms with Crippen molar-refractivity contribution in [2.75, 3.05) is 5.73 Å². The second-order valence-corrected chi connectivity index (χ2v) is 4.33. The number of hydrogen-bond acceptors (Lipinski definition) is 5. The molecule has 3 rings (SSSR count). The Balaban J connectivity index is 2.07. The average molecular weight is 273 g/mol. The van der Waals surface area contributed by atoms with Crippen LogP contribution >= 0.6 is 11.6 Å². The number of nitrogen functional groups attached to an aromatic ring is 1. The number of aromatic nitrogens is 3. The highest BCUT2D eigenvalue weighted by Crippen LogP contribution is 2.28. The zero-order valence-corrected chi connectivity index (χ0v) is 10.5. The molecule has 5 nitrogen and oxygen atoms in total. The van der Waals surface area contributed by atoms with E-state index in [-0.39, 0.29) is 0 Å². The Hall–Kier alpha value is -2.40. The number of ether oxygens (including phenoxy) is 1. The molecule has 0 saturated carbocycles. The number of fused-ring (bicyclic) bond motifs is 1. The molecule has 6 heteroatoms. The minimum Gasteiger partial charge on any atom is -0.437 e. The molecule has 0 atom stereocenters. The van der Waals surface area contributed by atoms with Crippen LogP contribution in [0.3, 0.4) is 0 Å². The van der Waals surface area contributed by atoms with E-state index < -0.39 is 0 Å². The third-order valence-corrected chi connectivity index (χ3v) is 2.72. The SMILES string of the molecule is Nc1ccc2ncnc(Oc3cncc(Cl)c3)c2c1. The summed E-state index contributed by atoms with van der Waals surface area (Å²) >= 11 is 5.86. The number of hydrogen-bond donors (Lipinski definition) is 1. The molecule has 1 aromatic carbocycles. The van der Waals surface area contributed by atoms with E-state index in [1.54, 1.807) is 24.4 Å². The zero-order chi connectivity index (χ0) is 13.2. The zero-order valence-electron chi connectivity index (χ0n) is 9.75. The highest BCUT2D eigenvalue weighted by Gasteiger charge is 2.07. The maximum atomic E-state index is 5.86. The Kier molecular flexibility index (Phi) is 2.89. The molecule has 19 heavy (non-hydrogen) atoms. The summed E-state index contributed by atoms with van der Waals surface area (Å²) in [4.78, 5) is 12.2. The summed E-state index contributed by atoms with van der Waals surface area (Å²) in [7, 11) is 0. The molecule has 0 aliphatic carbocycles. The molecule has 2 N–H and O–H groups in total. The van der Waals surface area contributed by atoms with Crippen molar-refractivity contribution in [1.29, 1.82) is 0 Å². The minimum atomic E-state index is 0.418. The van der Waals surface area contributed by atoms with E-state index in [2.05, 4.69) is 15.0 Å². The van der Waals surface area contributed by atoms with Gasteiger partial charge < -0.3 is 10.5 Å². The van der Waals surface area contributed by atoms with Crippen molar-refractivity contribution in [3.05, 3.63) is 48.0 Å². The molecule has 0 radical (unpaired) electrons. The maximum Gasteiger partial charge on any atom is 0.230 e. The second kappa shape index (κ2) is 4.70. The third-order valence-electron chi connectivity index (χ3n) is 2.52. The van der Waals surface area contributed by atoms with E-state index >= 15 is 0 Å². The first-order chi connectivity index (χ1) is 9.22. The Morgan fingerprint density at radius 2 is 2.00 bits per heavy atom. The lowest BCUT2D eigenvalue weighted by molar-refractivity contribution is 0.466. The lowest BCUT2D eigenvalue weighted by atomic mass is 10.2. The van der Waals surface area contributed by atoms with Crippen LogP contribution in [0.15, 0.2) is 43.0 Å². The van der Waals surface area contributed by atoms with Crippen molar-refractivity contribution in [3.8, 4) is 11.6 Å². The molecule has 0 amide bonds. The molecule has 0 bridgehead atoms. The molecule has 0 unspecified atom stereocenters. The van der Waals surface area contributed by atoms with Crippen molar-refractivity contribution < 1.29 is 4.74 Å². The van der Waals surface area contributed by atoms with Gasteiger partial charge in [-0.3, -0.25) is 4.98 Å². The molecule has 0 aliphatic heterocycles. The molecule has 0 aliphatic rings. The Labute approximate surface area is 114 Å². The van der Waals surface area contributed by atoms with Crippen molar-refractivity contribution in [2.45, 2.75) is 0 Å². The fourth-order valence-corrected chi connectivity index (χ4v) is 1.86. The predicted molar refractivity (Wildman–Crippen MR) is 73.3 cm³/mol. The first-order valence-corrected chi connectivity index (χ1v) is 5.89. The van der Waals surface area contributed by atoms with Crippen LogP contribution in [0.1, 0.15) is 0 Å². The fourth-order valence-electron chi connectivity index (χ4n) is 1.69. The number of nitrogens with two attached hydrogens (primary N) is 1. The lowest BCUT2D eigenvalue weighted by Gasteiger charge is -2.07. The van der Waals surface area contributed by atoms with Gasteiger partial charge in [-0.2, -0.15) is 0 Å². The number of rotatable bonds is 2. The van der Waals surface area contributed by atoms with Crippen LogP contribution in [0.2, 0.25) is 5.02 Å². The van der Waals surface area contributed by atoms with Gasteiger partial charge in [0.05, 0.1) is 22.1 Å². The first kappa shape index (κ1) is 11.7. The Morgan fingerprint density at radius 3 is 2.84 bits per heavy atom. The molecule has 3 aromatic rings. The molecule has 2 heterocycles. The summed E-state index contributed by atoms with van der Waals surface area (Å²) in [6.45, 7) is 0. The topological polar surface area (TPSA) is 73.9 Å². The quantitative estimate of drug-likeness (QED) is 0.726. The monoisotopic (exact) mass is 272 g/mol. The van der Waals surface area contributed by atoms with Crippen molar-refractivity contribution in [3.63, 3.8) is 0 Å². The molecular weight excluding hydrogens is 264 g/mol. The minimum absolute atomic E-state index is 0.418. The number of pyridine rings is 1. The number of nitrogens with zero attached hydrogens (tertiary/aromatic N) is 3. The van der Waals surface area contributed by atoms with E-state index in [4.69, 9.17) is 22.1 Å². The molecule has 0 saturated heterocycles. The largest absolute Gasteiger partial charge is 0.437 e. The number of anilines is 1. The Morgan fingerprint density at radius 1 is 1.11 bits per heavy atom. The van der Waals surface area contributed by atoms with Crippen LogP contribution in [0.25, 0.3) is 10.9 Å². The third kappa shape index (κ3) is 2.41. The van der Waals surface area contributed by atoms with Gasteiger partial charge in [-0.1, -0.05) is 11.6 Å². The van der Waals surface area contributed by atoms with E-state index in [1.807, 2.05) is 6.07 Å². The summed E-state index contributed by atoms with van der Waals surface area (Å²) in [5.41, 5.74) is 7.15. The number of halogens is 1. The summed E-state index contributed by atoms with van der Waals surface area (Å²) < 4.78 is 5.67. The van der Waals surface area contributed by atoms with Crippen LogP contribution in [0, 0.1) is 0 Å². The smallest absolute Gasteiger partial charge is 0.230 e. The molecule has 2 aromatic heterocycles. The summed E-state index contributed by atoms with van der Waals surface area (Å²) in [5.74, 6) is 0.927. The second-order valence-electron chi connectivity index (χ2n) is 3.90. The van der Waals surface area contributed by atoms with Crippen LogP contribution < -0.4 is 10.5 Å². The van der Waals surface area contributed by atoms with Crippen LogP contribution in [-0.4, -0.2) is 15.0 Å². The summed E-state index contributed by atoms with van der Waals surface area (Å²) in [6, 6.07) is 7.02. The van der Waals surface area contributed by atoms with Gasteiger partial charge in [0, 0.05) is 18.0 Å². The summed E-state index contributed by atoms with van der Waals surface area (Å²) in [6.07, 6.45) is 4.53. The molecule has 0 spiro atoms. The van der Waals surface area contributed by atoms with Gasteiger partial charge >= 0.3 is 0 Å². The van der Waals surface area contributed by atoms with Gasteiger partial charge in [-0.25, -0.2) is 9.97 Å². The maximum absolute atomic E-state index is 5.86. The fraction of sp³-hybridized carbons (Fsp3) is 0. The van der Waals surface area contributed by atoms with Crippen LogP contribution in [0.5, 0.6) is 11.6 Å². The van der Waals surface area contributed by atoms with Crippen molar-refractivity contribution in [2.24, 2.45) is 0 Å². The van der Waals surface area contributed by atoms with Crippen molar-refractivity contribution in [1.82, 2.24) is 15.0 Å². The van der Waals surface area contributed by atoms with Gasteiger partial charge in [0.1, 0.15) is 12.1 Å².